The first kappa shape index (κ1) is 27.9. The third-order valence-corrected chi connectivity index (χ3v) is 7.05. The minimum atomic E-state index is 0.531. The second-order valence-corrected chi connectivity index (χ2v) is 9.39. The quantitative estimate of drug-likeness (QED) is 0.222. The molecule has 0 amide bonds. The van der Waals surface area contributed by atoms with Crippen LogP contribution in [0.15, 0.2) is 54.6 Å². The lowest BCUT2D eigenvalue weighted by atomic mass is 10.1. The molecule has 0 aliphatic carbocycles. The number of nitrogens with zero attached hydrogens (tertiary/aromatic N) is 1. The molecule has 0 atom stereocenters. The first-order chi connectivity index (χ1) is 18.9. The molecule has 0 aliphatic rings. The predicted molar refractivity (Wildman–Crippen MR) is 159 cm³/mol. The van der Waals surface area contributed by atoms with Crippen molar-refractivity contribution in [2.24, 2.45) is 0 Å². The summed E-state index contributed by atoms with van der Waals surface area (Å²) in [6.45, 7) is 3.30. The molecular weight excluding hydrogens is 514 g/mol. The van der Waals surface area contributed by atoms with E-state index in [4.69, 9.17) is 35.9 Å². The largest absolute Gasteiger partial charge is 0.497 e. The van der Waals surface area contributed by atoms with Crippen LogP contribution in [0.5, 0.6) is 28.7 Å². The van der Waals surface area contributed by atoms with Gasteiger partial charge in [-0.05, 0) is 91.3 Å². The number of anilines is 1. The molecule has 1 heterocycles. The van der Waals surface area contributed by atoms with Gasteiger partial charge >= 0.3 is 0 Å². The van der Waals surface area contributed by atoms with Gasteiger partial charge in [0.05, 0.1) is 35.5 Å². The summed E-state index contributed by atoms with van der Waals surface area (Å²) in [5.41, 5.74) is 5.29. The zero-order valence-corrected chi connectivity index (χ0v) is 24.0. The molecule has 1 aromatic heterocycles. The summed E-state index contributed by atoms with van der Waals surface area (Å²) in [4.78, 5) is 5.63. The van der Waals surface area contributed by atoms with E-state index < -0.39 is 0 Å². The number of thiocarbonyl (C=S) groups is 1. The highest BCUT2D eigenvalue weighted by molar-refractivity contribution is 7.80. The summed E-state index contributed by atoms with van der Waals surface area (Å²) in [5, 5.41) is 5.13. The number of H-pyrrole nitrogens is 1. The molecule has 3 aromatic carbocycles. The van der Waals surface area contributed by atoms with Crippen molar-refractivity contribution in [1.82, 2.24) is 9.88 Å². The molecule has 0 radical (unpaired) electrons. The molecule has 0 aliphatic heterocycles. The number of hydrogen-bond donors (Lipinski definition) is 2. The maximum atomic E-state index is 5.92. The molecule has 9 heteroatoms. The highest BCUT2D eigenvalue weighted by Gasteiger charge is 2.18. The fraction of sp³-hybridized carbons (Fsp3) is 0.300. The minimum Gasteiger partial charge on any atom is -0.497 e. The SMILES string of the molecule is COc1ccc(NC(=S)N(CCc2c(C)[nH]c3ccc(OC)cc23)Cc2cc(OC)c(OC)c(OC)c2)cc1. The normalized spacial score (nSPS) is 10.7. The second-order valence-electron chi connectivity index (χ2n) is 9.00. The number of rotatable bonds is 11. The Kier molecular flexibility index (Phi) is 9.03. The fourth-order valence-electron chi connectivity index (χ4n) is 4.63. The van der Waals surface area contributed by atoms with Crippen molar-refractivity contribution in [2.75, 3.05) is 47.4 Å². The average molecular weight is 550 g/mol. The van der Waals surface area contributed by atoms with E-state index in [0.717, 1.165) is 45.8 Å². The molecular formula is C30H35N3O5S. The Morgan fingerprint density at radius 2 is 1.46 bits per heavy atom. The number of nitrogens with one attached hydrogen (secondary N) is 2. The van der Waals surface area contributed by atoms with Crippen LogP contribution in [-0.2, 0) is 13.0 Å². The first-order valence-corrected chi connectivity index (χ1v) is 13.0. The number of fused-ring (bicyclic) bond motifs is 1. The van der Waals surface area contributed by atoms with Gasteiger partial charge in [0.2, 0.25) is 5.75 Å². The average Bonchev–Trinajstić information content (AvgIpc) is 3.28. The number of aromatic amines is 1. The van der Waals surface area contributed by atoms with Crippen LogP contribution in [0.1, 0.15) is 16.8 Å². The Balaban J connectivity index is 1.64. The molecule has 4 aromatic rings. The molecule has 0 bridgehead atoms. The lowest BCUT2D eigenvalue weighted by Crippen LogP contribution is -2.36. The monoisotopic (exact) mass is 549 g/mol. The van der Waals surface area contributed by atoms with E-state index in [2.05, 4.69) is 28.2 Å². The smallest absolute Gasteiger partial charge is 0.203 e. The number of aromatic nitrogens is 1. The van der Waals surface area contributed by atoms with E-state index in [1.807, 2.05) is 48.5 Å². The highest BCUT2D eigenvalue weighted by atomic mass is 32.1. The van der Waals surface area contributed by atoms with E-state index in [0.29, 0.717) is 35.5 Å². The van der Waals surface area contributed by atoms with Crippen molar-refractivity contribution in [3.8, 4) is 28.7 Å². The maximum Gasteiger partial charge on any atom is 0.203 e. The van der Waals surface area contributed by atoms with E-state index >= 15 is 0 Å². The predicted octanol–water partition coefficient (Wildman–Crippen LogP) is 5.96. The molecule has 2 N–H and O–H groups in total. The highest BCUT2D eigenvalue weighted by Crippen LogP contribution is 2.38. The van der Waals surface area contributed by atoms with Gasteiger partial charge in [-0.1, -0.05) is 0 Å². The van der Waals surface area contributed by atoms with Crippen LogP contribution in [0.25, 0.3) is 10.9 Å². The van der Waals surface area contributed by atoms with Crippen molar-refractivity contribution >= 4 is 33.9 Å². The molecule has 0 saturated heterocycles. The lowest BCUT2D eigenvalue weighted by molar-refractivity contribution is 0.322. The fourth-order valence-corrected chi connectivity index (χ4v) is 4.91. The van der Waals surface area contributed by atoms with Crippen LogP contribution >= 0.6 is 12.2 Å². The third kappa shape index (κ3) is 6.31. The van der Waals surface area contributed by atoms with Gasteiger partial charge in [0.25, 0.3) is 0 Å². The van der Waals surface area contributed by atoms with Crippen molar-refractivity contribution in [3.63, 3.8) is 0 Å². The summed E-state index contributed by atoms with van der Waals surface area (Å²) in [6, 6.07) is 17.7. The standard InChI is InChI=1S/C30H35N3O5S/c1-19-24(25-17-23(35-3)11-12-26(25)31-19)13-14-33(30(39)32-21-7-9-22(34-2)10-8-21)18-20-15-27(36-4)29(38-6)28(16-20)37-5/h7-12,15-17,31H,13-14,18H2,1-6H3,(H,32,39). The molecule has 0 saturated carbocycles. The third-order valence-electron chi connectivity index (χ3n) is 6.68. The first-order valence-electron chi connectivity index (χ1n) is 12.5. The van der Waals surface area contributed by atoms with E-state index in [1.54, 1.807) is 35.5 Å². The Labute approximate surface area is 234 Å². The topological polar surface area (TPSA) is 77.2 Å². The second kappa shape index (κ2) is 12.6. The number of methoxy groups -OCH3 is 5. The van der Waals surface area contributed by atoms with Crippen molar-refractivity contribution in [1.29, 1.82) is 0 Å². The maximum absolute atomic E-state index is 5.92. The van der Waals surface area contributed by atoms with Gasteiger partial charge in [0.15, 0.2) is 16.6 Å². The van der Waals surface area contributed by atoms with E-state index in [1.165, 1.54) is 5.56 Å². The molecule has 8 nitrogen and oxygen atoms in total. The molecule has 206 valence electrons. The summed E-state index contributed by atoms with van der Waals surface area (Å²) >= 11 is 5.92. The van der Waals surface area contributed by atoms with Crippen LogP contribution in [0.2, 0.25) is 0 Å². The molecule has 4 rings (SSSR count). The lowest BCUT2D eigenvalue weighted by Gasteiger charge is -2.27. The summed E-state index contributed by atoms with van der Waals surface area (Å²) in [6.07, 6.45) is 0.772. The van der Waals surface area contributed by atoms with E-state index in [-0.39, 0.29) is 0 Å². The van der Waals surface area contributed by atoms with Crippen molar-refractivity contribution in [2.45, 2.75) is 19.9 Å². The summed E-state index contributed by atoms with van der Waals surface area (Å²) in [7, 11) is 8.15. The Morgan fingerprint density at radius 3 is 2.05 bits per heavy atom. The summed E-state index contributed by atoms with van der Waals surface area (Å²) < 4.78 is 27.4. The zero-order chi connectivity index (χ0) is 27.9. The van der Waals surface area contributed by atoms with Gasteiger partial charge in [-0.25, -0.2) is 0 Å². The van der Waals surface area contributed by atoms with Crippen LogP contribution in [0, 0.1) is 6.92 Å². The number of aryl methyl sites for hydroxylation is 1. The number of ether oxygens (including phenoxy) is 5. The Morgan fingerprint density at radius 1 is 0.821 bits per heavy atom. The molecule has 0 fully saturated rings. The minimum absolute atomic E-state index is 0.531. The van der Waals surface area contributed by atoms with Gasteiger partial charge < -0.3 is 38.9 Å². The van der Waals surface area contributed by atoms with Gasteiger partial charge in [-0.15, -0.1) is 0 Å². The van der Waals surface area contributed by atoms with Gasteiger partial charge in [-0.3, -0.25) is 0 Å². The molecule has 0 spiro atoms. The molecule has 39 heavy (non-hydrogen) atoms. The number of benzene rings is 3. The number of hydrogen-bond acceptors (Lipinski definition) is 6. The molecule has 0 unspecified atom stereocenters. The van der Waals surface area contributed by atoms with Crippen LogP contribution < -0.4 is 29.0 Å². The van der Waals surface area contributed by atoms with Gasteiger partial charge in [0, 0.05) is 35.4 Å². The van der Waals surface area contributed by atoms with Crippen LogP contribution in [0.4, 0.5) is 5.69 Å². The zero-order valence-electron chi connectivity index (χ0n) is 23.2. The van der Waals surface area contributed by atoms with Gasteiger partial charge in [0.1, 0.15) is 11.5 Å². The van der Waals surface area contributed by atoms with Crippen molar-refractivity contribution < 1.29 is 23.7 Å². The van der Waals surface area contributed by atoms with Crippen LogP contribution in [-0.4, -0.2) is 57.1 Å². The Hall–Kier alpha value is -4.11. The van der Waals surface area contributed by atoms with Gasteiger partial charge in [-0.2, -0.15) is 0 Å². The van der Waals surface area contributed by atoms with E-state index in [9.17, 15) is 0 Å². The van der Waals surface area contributed by atoms with Crippen molar-refractivity contribution in [3.05, 3.63) is 71.4 Å². The van der Waals surface area contributed by atoms with Crippen LogP contribution in [0.3, 0.4) is 0 Å². The Bertz CT molecular complexity index is 1410. The summed E-state index contributed by atoms with van der Waals surface area (Å²) in [5.74, 6) is 3.36.